The van der Waals surface area contributed by atoms with Crippen LogP contribution in [0.3, 0.4) is 0 Å². The molecule has 0 bridgehead atoms. The highest BCUT2D eigenvalue weighted by atomic mass is 35.5. The molecule has 0 aromatic heterocycles. The fourth-order valence-corrected chi connectivity index (χ4v) is 3.19. The first kappa shape index (κ1) is 13.5. The summed E-state index contributed by atoms with van der Waals surface area (Å²) in [5.41, 5.74) is 0.166. The molecular formula is C11H9Cl2NO3S. The van der Waals surface area contributed by atoms with Crippen molar-refractivity contribution in [1.29, 1.82) is 0 Å². The van der Waals surface area contributed by atoms with Crippen molar-refractivity contribution < 1.29 is 13.8 Å². The number of benzene rings is 1. The molecule has 1 aromatic carbocycles. The highest BCUT2D eigenvalue weighted by Crippen LogP contribution is 2.35. The Morgan fingerprint density at radius 2 is 1.83 bits per heavy atom. The van der Waals surface area contributed by atoms with Gasteiger partial charge in [0.1, 0.15) is 11.0 Å². The SMILES string of the molecule is C[C@@H]1C(=O)N(c2c(Cl)cccc2Cl)C(=O)C[S@]1=O. The van der Waals surface area contributed by atoms with E-state index in [0.29, 0.717) is 0 Å². The summed E-state index contributed by atoms with van der Waals surface area (Å²) in [4.78, 5) is 24.8. The second-order valence-electron chi connectivity index (χ2n) is 3.80. The number of anilines is 1. The monoisotopic (exact) mass is 305 g/mol. The lowest BCUT2D eigenvalue weighted by Gasteiger charge is -2.29. The standard InChI is InChI=1S/C11H9Cl2NO3S/c1-6-11(16)14(9(15)5-18(6)17)10-7(12)3-2-4-8(10)13/h2-4,6H,5H2,1H3/t6-,18-/m1/s1. The highest BCUT2D eigenvalue weighted by molar-refractivity contribution is 7.87. The molecule has 0 N–H and O–H groups in total. The lowest BCUT2D eigenvalue weighted by atomic mass is 10.2. The molecule has 0 unspecified atom stereocenters. The van der Waals surface area contributed by atoms with Gasteiger partial charge in [0.25, 0.3) is 0 Å². The second-order valence-corrected chi connectivity index (χ2v) is 6.38. The number of hydrogen-bond donors (Lipinski definition) is 0. The fourth-order valence-electron chi connectivity index (χ4n) is 1.67. The maximum Gasteiger partial charge on any atom is 0.249 e. The third-order valence-corrected chi connectivity index (χ3v) is 4.77. The molecule has 1 aliphatic rings. The first-order valence-electron chi connectivity index (χ1n) is 5.11. The summed E-state index contributed by atoms with van der Waals surface area (Å²) in [6.45, 7) is 1.52. The summed E-state index contributed by atoms with van der Waals surface area (Å²) in [5.74, 6) is -1.29. The van der Waals surface area contributed by atoms with E-state index in [0.717, 1.165) is 4.90 Å². The third kappa shape index (κ3) is 2.18. The Kier molecular flexibility index (Phi) is 3.75. The van der Waals surface area contributed by atoms with Crippen molar-refractivity contribution in [2.45, 2.75) is 12.2 Å². The van der Waals surface area contributed by atoms with Crippen molar-refractivity contribution in [3.63, 3.8) is 0 Å². The predicted molar refractivity (Wildman–Crippen MR) is 71.4 cm³/mol. The van der Waals surface area contributed by atoms with E-state index in [1.54, 1.807) is 18.2 Å². The molecule has 96 valence electrons. The maximum absolute atomic E-state index is 12.0. The van der Waals surface area contributed by atoms with Crippen molar-refractivity contribution in [2.24, 2.45) is 0 Å². The minimum Gasteiger partial charge on any atom is -0.273 e. The molecular weight excluding hydrogens is 297 g/mol. The lowest BCUT2D eigenvalue weighted by Crippen LogP contribution is -2.52. The van der Waals surface area contributed by atoms with Gasteiger partial charge < -0.3 is 0 Å². The van der Waals surface area contributed by atoms with Crippen molar-refractivity contribution in [1.82, 2.24) is 0 Å². The molecule has 2 amide bonds. The first-order valence-corrected chi connectivity index (χ1v) is 7.25. The number of nitrogens with zero attached hydrogens (tertiary/aromatic N) is 1. The van der Waals surface area contributed by atoms with E-state index in [1.165, 1.54) is 6.92 Å². The maximum atomic E-state index is 12.0. The molecule has 0 spiro atoms. The van der Waals surface area contributed by atoms with Gasteiger partial charge in [-0.05, 0) is 19.1 Å². The Hall–Kier alpha value is -0.910. The Bertz CT molecular complexity index is 541. The molecule has 18 heavy (non-hydrogen) atoms. The highest BCUT2D eigenvalue weighted by Gasteiger charge is 2.39. The zero-order chi connectivity index (χ0) is 13.4. The van der Waals surface area contributed by atoms with E-state index >= 15 is 0 Å². The number of amides is 2. The fraction of sp³-hybridized carbons (Fsp3) is 0.273. The average molecular weight is 306 g/mol. The van der Waals surface area contributed by atoms with Gasteiger partial charge >= 0.3 is 0 Å². The van der Waals surface area contributed by atoms with Crippen molar-refractivity contribution >= 4 is 51.5 Å². The van der Waals surface area contributed by atoms with Gasteiger partial charge in [0, 0.05) is 10.8 Å². The van der Waals surface area contributed by atoms with Gasteiger partial charge in [-0.15, -0.1) is 0 Å². The molecule has 2 atom stereocenters. The van der Waals surface area contributed by atoms with Crippen LogP contribution in [0.2, 0.25) is 10.0 Å². The van der Waals surface area contributed by atoms with Gasteiger partial charge in [0.05, 0.1) is 15.7 Å². The quantitative estimate of drug-likeness (QED) is 0.746. The van der Waals surface area contributed by atoms with Gasteiger partial charge in [-0.3, -0.25) is 13.8 Å². The molecule has 0 aliphatic carbocycles. The van der Waals surface area contributed by atoms with Crippen LogP contribution in [0.15, 0.2) is 18.2 Å². The van der Waals surface area contributed by atoms with Crippen LogP contribution in [-0.2, 0) is 20.4 Å². The lowest BCUT2D eigenvalue weighted by molar-refractivity contribution is -0.125. The normalized spacial score (nSPS) is 24.5. The van der Waals surface area contributed by atoms with Crippen molar-refractivity contribution in [2.75, 3.05) is 10.7 Å². The average Bonchev–Trinajstić information content (AvgIpc) is 2.30. The summed E-state index contributed by atoms with van der Waals surface area (Å²) < 4.78 is 11.5. The molecule has 1 aliphatic heterocycles. The molecule has 7 heteroatoms. The van der Waals surface area contributed by atoms with E-state index < -0.39 is 27.9 Å². The van der Waals surface area contributed by atoms with Crippen LogP contribution in [0.5, 0.6) is 0 Å². The predicted octanol–water partition coefficient (Wildman–Crippen LogP) is 2.00. The Morgan fingerprint density at radius 1 is 1.28 bits per heavy atom. The van der Waals surface area contributed by atoms with Crippen LogP contribution in [-0.4, -0.2) is 27.0 Å². The van der Waals surface area contributed by atoms with Crippen LogP contribution in [0.25, 0.3) is 0 Å². The summed E-state index contributed by atoms with van der Waals surface area (Å²) in [6.07, 6.45) is 0. The molecule has 1 fully saturated rings. The second kappa shape index (κ2) is 4.99. The first-order chi connectivity index (χ1) is 8.43. The number of hydrogen-bond acceptors (Lipinski definition) is 3. The Morgan fingerprint density at radius 3 is 2.39 bits per heavy atom. The van der Waals surface area contributed by atoms with Crippen molar-refractivity contribution in [3.05, 3.63) is 28.2 Å². The van der Waals surface area contributed by atoms with E-state index in [4.69, 9.17) is 23.2 Å². The molecule has 4 nitrogen and oxygen atoms in total. The van der Waals surface area contributed by atoms with Crippen LogP contribution in [0.1, 0.15) is 6.92 Å². The molecule has 1 aromatic rings. The zero-order valence-electron chi connectivity index (χ0n) is 9.35. The minimum atomic E-state index is -1.48. The molecule has 0 saturated carbocycles. The van der Waals surface area contributed by atoms with Gasteiger partial charge in [0.15, 0.2) is 0 Å². The Labute approximate surface area is 116 Å². The van der Waals surface area contributed by atoms with Gasteiger partial charge in [-0.25, -0.2) is 4.90 Å². The van der Waals surface area contributed by atoms with E-state index in [2.05, 4.69) is 0 Å². The van der Waals surface area contributed by atoms with E-state index in [-0.39, 0.29) is 21.5 Å². The van der Waals surface area contributed by atoms with Gasteiger partial charge in [-0.1, -0.05) is 29.3 Å². The molecule has 2 rings (SSSR count). The molecule has 0 radical (unpaired) electrons. The molecule has 1 heterocycles. The van der Waals surface area contributed by atoms with Gasteiger partial charge in [0.2, 0.25) is 11.8 Å². The largest absolute Gasteiger partial charge is 0.273 e. The topological polar surface area (TPSA) is 54.5 Å². The number of halogens is 2. The minimum absolute atomic E-state index is 0.166. The number of rotatable bonds is 1. The van der Waals surface area contributed by atoms with E-state index in [9.17, 15) is 13.8 Å². The summed E-state index contributed by atoms with van der Waals surface area (Å²) in [5, 5.41) is -0.316. The van der Waals surface area contributed by atoms with Crippen LogP contribution >= 0.6 is 23.2 Å². The third-order valence-electron chi connectivity index (χ3n) is 2.64. The Balaban J connectivity index is 2.53. The number of para-hydroxylation sites is 1. The summed E-state index contributed by atoms with van der Waals surface area (Å²) in [7, 11) is -1.48. The van der Waals surface area contributed by atoms with Crippen LogP contribution < -0.4 is 4.90 Å². The summed E-state index contributed by atoms with van der Waals surface area (Å²) in [6, 6.07) is 4.70. The number of imide groups is 1. The van der Waals surface area contributed by atoms with Crippen LogP contribution in [0, 0.1) is 0 Å². The van der Waals surface area contributed by atoms with Gasteiger partial charge in [-0.2, -0.15) is 0 Å². The number of carbonyl (C=O) groups excluding carboxylic acids is 2. The smallest absolute Gasteiger partial charge is 0.249 e. The molecule has 1 saturated heterocycles. The number of carbonyl (C=O) groups is 2. The van der Waals surface area contributed by atoms with Crippen LogP contribution in [0.4, 0.5) is 5.69 Å². The van der Waals surface area contributed by atoms with E-state index in [1.807, 2.05) is 0 Å². The zero-order valence-corrected chi connectivity index (χ0v) is 11.7. The summed E-state index contributed by atoms with van der Waals surface area (Å²) >= 11 is 11.9. The van der Waals surface area contributed by atoms with Crippen molar-refractivity contribution in [3.8, 4) is 0 Å².